The number of nitrogens with zero attached hydrogens (tertiary/aromatic N) is 3. The van der Waals surface area contributed by atoms with Crippen molar-refractivity contribution in [3.63, 3.8) is 0 Å². The Morgan fingerprint density at radius 1 is 1.09 bits per heavy atom. The van der Waals surface area contributed by atoms with E-state index in [9.17, 15) is 4.79 Å². The predicted octanol–water partition coefficient (Wildman–Crippen LogP) is 5.42. The number of rotatable bonds is 9. The van der Waals surface area contributed by atoms with E-state index in [0.29, 0.717) is 28.8 Å². The van der Waals surface area contributed by atoms with Gasteiger partial charge in [-0.2, -0.15) is 0 Å². The van der Waals surface area contributed by atoms with Crippen molar-refractivity contribution >= 4 is 17.5 Å². The Morgan fingerprint density at radius 2 is 1.81 bits per heavy atom. The number of thioether (sulfide) groups is 1. The van der Waals surface area contributed by atoms with Crippen molar-refractivity contribution in [1.29, 1.82) is 0 Å². The number of ketones is 1. The first-order valence-electron chi connectivity index (χ1n) is 10.3. The molecule has 0 saturated carbocycles. The molecule has 0 N–H and O–H groups in total. The summed E-state index contributed by atoms with van der Waals surface area (Å²) in [6.45, 7) is 11.0. The van der Waals surface area contributed by atoms with Gasteiger partial charge < -0.3 is 9.47 Å². The second kappa shape index (κ2) is 10.0. The number of carbonyl (C=O) groups is 1. The highest BCUT2D eigenvalue weighted by atomic mass is 32.2. The molecule has 0 amide bonds. The molecule has 0 radical (unpaired) electrons. The fraction of sp³-hybridized carbons (Fsp3) is 0.320. The van der Waals surface area contributed by atoms with E-state index in [1.165, 1.54) is 24.4 Å². The van der Waals surface area contributed by atoms with E-state index in [2.05, 4.69) is 61.8 Å². The fourth-order valence-electron chi connectivity index (χ4n) is 3.26. The Kier molecular flexibility index (Phi) is 7.40. The zero-order valence-corrected chi connectivity index (χ0v) is 20.0. The van der Waals surface area contributed by atoms with Gasteiger partial charge in [0, 0.05) is 18.2 Å². The van der Waals surface area contributed by atoms with Gasteiger partial charge in [-0.3, -0.25) is 9.36 Å². The van der Waals surface area contributed by atoms with Gasteiger partial charge in [-0.25, -0.2) is 0 Å². The van der Waals surface area contributed by atoms with Crippen molar-refractivity contribution in [2.24, 2.45) is 0 Å². The van der Waals surface area contributed by atoms with E-state index in [-0.39, 0.29) is 17.0 Å². The molecule has 3 aromatic rings. The zero-order valence-electron chi connectivity index (χ0n) is 19.2. The first kappa shape index (κ1) is 23.6. The van der Waals surface area contributed by atoms with Crippen LogP contribution < -0.4 is 9.47 Å². The molecule has 0 aliphatic rings. The van der Waals surface area contributed by atoms with Gasteiger partial charge in [0.05, 0.1) is 25.5 Å². The van der Waals surface area contributed by atoms with Crippen LogP contribution in [-0.4, -0.2) is 40.5 Å². The minimum Gasteiger partial charge on any atom is -0.497 e. The Hall–Kier alpha value is -3.06. The van der Waals surface area contributed by atoms with Crippen LogP contribution in [-0.2, 0) is 12.0 Å². The molecule has 168 valence electrons. The Bertz CT molecular complexity index is 1100. The largest absolute Gasteiger partial charge is 0.497 e. The van der Waals surface area contributed by atoms with Crippen LogP contribution in [0.2, 0.25) is 0 Å². The van der Waals surface area contributed by atoms with Crippen molar-refractivity contribution in [3.8, 4) is 22.9 Å². The number of Topliss-reactive ketones (excluding diaryl/α,β-unsaturated/α-hetero) is 1. The van der Waals surface area contributed by atoms with Crippen molar-refractivity contribution in [3.05, 3.63) is 66.2 Å². The van der Waals surface area contributed by atoms with Gasteiger partial charge in [-0.05, 0) is 23.1 Å². The maximum absolute atomic E-state index is 12.9. The van der Waals surface area contributed by atoms with Crippen LogP contribution in [0.15, 0.2) is 60.3 Å². The van der Waals surface area contributed by atoms with Gasteiger partial charge in [0.15, 0.2) is 16.8 Å². The monoisotopic (exact) mass is 451 g/mol. The van der Waals surface area contributed by atoms with Gasteiger partial charge in [0.1, 0.15) is 11.5 Å². The number of hydrogen-bond acceptors (Lipinski definition) is 6. The third-order valence-corrected chi connectivity index (χ3v) is 6.05. The maximum Gasteiger partial charge on any atom is 0.192 e. The summed E-state index contributed by atoms with van der Waals surface area (Å²) in [5.41, 5.74) is 2.82. The molecular formula is C25H29N3O3S. The fourth-order valence-corrected chi connectivity index (χ4v) is 4.09. The molecule has 32 heavy (non-hydrogen) atoms. The van der Waals surface area contributed by atoms with Crippen molar-refractivity contribution < 1.29 is 14.3 Å². The summed E-state index contributed by atoms with van der Waals surface area (Å²) in [6.07, 6.45) is 1.80. The summed E-state index contributed by atoms with van der Waals surface area (Å²) in [5.74, 6) is 2.03. The zero-order chi connectivity index (χ0) is 23.3. The lowest BCUT2D eigenvalue weighted by Crippen LogP contribution is -2.10. The molecule has 0 aliphatic heterocycles. The minimum atomic E-state index is -0.0567. The van der Waals surface area contributed by atoms with Crippen molar-refractivity contribution in [2.75, 3.05) is 20.0 Å². The van der Waals surface area contributed by atoms with Crippen LogP contribution >= 0.6 is 11.8 Å². The van der Waals surface area contributed by atoms with Crippen LogP contribution in [0.3, 0.4) is 0 Å². The van der Waals surface area contributed by atoms with Gasteiger partial charge in [-0.1, -0.05) is 62.9 Å². The van der Waals surface area contributed by atoms with E-state index in [1.807, 2.05) is 4.57 Å². The molecule has 0 spiro atoms. The first-order valence-corrected chi connectivity index (χ1v) is 11.3. The van der Waals surface area contributed by atoms with Crippen molar-refractivity contribution in [1.82, 2.24) is 14.8 Å². The lowest BCUT2D eigenvalue weighted by Gasteiger charge is -2.19. The van der Waals surface area contributed by atoms with E-state index >= 15 is 0 Å². The summed E-state index contributed by atoms with van der Waals surface area (Å²) < 4.78 is 12.5. The third-order valence-electron chi connectivity index (χ3n) is 5.08. The van der Waals surface area contributed by atoms with Crippen LogP contribution in [0, 0.1) is 0 Å². The lowest BCUT2D eigenvalue weighted by molar-refractivity contribution is 0.101. The number of allylic oxidation sites excluding steroid dienone is 1. The van der Waals surface area contributed by atoms with E-state index in [1.54, 1.807) is 31.4 Å². The smallest absolute Gasteiger partial charge is 0.192 e. The number of ether oxygens (including phenoxy) is 2. The highest BCUT2D eigenvalue weighted by molar-refractivity contribution is 7.99. The molecule has 0 bridgehead atoms. The summed E-state index contributed by atoms with van der Waals surface area (Å²) >= 11 is 1.35. The van der Waals surface area contributed by atoms with E-state index in [0.717, 1.165) is 11.4 Å². The molecule has 1 aromatic heterocycles. The Labute approximate surface area is 193 Å². The van der Waals surface area contributed by atoms with E-state index in [4.69, 9.17) is 9.47 Å². The molecule has 3 rings (SSSR count). The number of benzene rings is 2. The Balaban J connectivity index is 1.82. The molecule has 0 unspecified atom stereocenters. The van der Waals surface area contributed by atoms with Gasteiger partial charge in [-0.15, -0.1) is 16.8 Å². The quantitative estimate of drug-likeness (QED) is 0.246. The van der Waals surface area contributed by atoms with Crippen LogP contribution in [0.5, 0.6) is 11.5 Å². The highest BCUT2D eigenvalue weighted by Gasteiger charge is 2.19. The topological polar surface area (TPSA) is 66.2 Å². The molecule has 0 atom stereocenters. The van der Waals surface area contributed by atoms with E-state index < -0.39 is 0 Å². The summed E-state index contributed by atoms with van der Waals surface area (Å²) in [5, 5.41) is 9.41. The molecular weight excluding hydrogens is 422 g/mol. The number of carbonyl (C=O) groups excluding carboxylic acids is 1. The van der Waals surface area contributed by atoms with Crippen molar-refractivity contribution in [2.45, 2.75) is 37.9 Å². The first-order chi connectivity index (χ1) is 15.3. The molecule has 2 aromatic carbocycles. The van der Waals surface area contributed by atoms with Gasteiger partial charge in [0.2, 0.25) is 0 Å². The lowest BCUT2D eigenvalue weighted by atomic mass is 9.87. The number of methoxy groups -OCH3 is 2. The summed E-state index contributed by atoms with van der Waals surface area (Å²) in [7, 11) is 3.11. The molecule has 0 saturated heterocycles. The summed E-state index contributed by atoms with van der Waals surface area (Å²) in [4.78, 5) is 12.9. The Morgan fingerprint density at radius 3 is 2.41 bits per heavy atom. The number of hydrogen-bond donors (Lipinski definition) is 0. The SMILES string of the molecule is C=CCn1c(SCC(=O)c2ccc(OC)cc2OC)nnc1-c1ccc(C(C)(C)C)cc1. The molecule has 6 nitrogen and oxygen atoms in total. The third kappa shape index (κ3) is 5.22. The van der Waals surface area contributed by atoms with Crippen LogP contribution in [0.25, 0.3) is 11.4 Å². The number of aromatic nitrogens is 3. The van der Waals surface area contributed by atoms with Crippen LogP contribution in [0.4, 0.5) is 0 Å². The molecule has 7 heteroatoms. The maximum atomic E-state index is 12.9. The normalized spacial score (nSPS) is 11.3. The summed E-state index contributed by atoms with van der Waals surface area (Å²) in [6, 6.07) is 13.5. The van der Waals surface area contributed by atoms with Crippen LogP contribution in [0.1, 0.15) is 36.7 Å². The van der Waals surface area contributed by atoms with Gasteiger partial charge >= 0.3 is 0 Å². The average molecular weight is 452 g/mol. The molecule has 0 aliphatic carbocycles. The second-order valence-electron chi connectivity index (χ2n) is 8.31. The standard InChI is InChI=1S/C25H29N3O3S/c1-7-14-28-23(17-8-10-18(11-9-17)25(2,3)4)26-27-24(28)32-16-21(29)20-13-12-19(30-5)15-22(20)31-6/h7-13,15H,1,14,16H2,2-6H3. The predicted molar refractivity (Wildman–Crippen MR) is 129 cm³/mol. The molecule has 1 heterocycles. The van der Waals surface area contributed by atoms with Gasteiger partial charge in [0.25, 0.3) is 0 Å². The second-order valence-corrected chi connectivity index (χ2v) is 9.25. The molecule has 0 fully saturated rings. The highest BCUT2D eigenvalue weighted by Crippen LogP contribution is 2.30. The average Bonchev–Trinajstić information content (AvgIpc) is 3.19. The minimum absolute atomic E-state index is 0.0567.